The van der Waals surface area contributed by atoms with Crippen LogP contribution >= 0.6 is 0 Å². The number of hydrogen-bond donors (Lipinski definition) is 0. The summed E-state index contributed by atoms with van der Waals surface area (Å²) in [6, 6.07) is 14.0. The fourth-order valence-corrected chi connectivity index (χ4v) is 5.33. The molecule has 0 N–H and O–H groups in total. The van der Waals surface area contributed by atoms with Crippen LogP contribution in [0.4, 0.5) is 0 Å². The molecule has 0 unspecified atom stereocenters. The molecule has 0 aliphatic carbocycles. The molecule has 0 radical (unpaired) electrons. The van der Waals surface area contributed by atoms with Crippen LogP contribution in [-0.4, -0.2) is 56.3 Å². The van der Waals surface area contributed by atoms with Crippen molar-refractivity contribution in [2.45, 2.75) is 56.2 Å². The molecule has 3 aromatic carbocycles. The second-order valence-corrected chi connectivity index (χ2v) is 12.0. The molecule has 0 fully saturated rings. The first-order valence-corrected chi connectivity index (χ1v) is 14.6. The van der Waals surface area contributed by atoms with E-state index in [0.717, 1.165) is 16.7 Å². The van der Waals surface area contributed by atoms with Crippen molar-refractivity contribution < 1.29 is 38.9 Å². The maximum Gasteiger partial charge on any atom is 3.00 e. The number of benzene rings is 3. The second-order valence-electron chi connectivity index (χ2n) is 7.96. The molecule has 0 aliphatic heterocycles. The Labute approximate surface area is 230 Å². The van der Waals surface area contributed by atoms with Gasteiger partial charge in [-0.3, -0.25) is 0 Å². The summed E-state index contributed by atoms with van der Waals surface area (Å²) >= 11 is 0. The summed E-state index contributed by atoms with van der Waals surface area (Å²) < 4.78 is 95.9. The Morgan fingerprint density at radius 2 is 0.622 bits per heavy atom. The predicted octanol–water partition coefficient (Wildman–Crippen LogP) is 3.24. The van der Waals surface area contributed by atoms with Gasteiger partial charge in [0.15, 0.2) is 0 Å². The van der Waals surface area contributed by atoms with Gasteiger partial charge < -0.3 is 13.7 Å². The Kier molecular flexibility index (Phi) is 12.9. The zero-order valence-electron chi connectivity index (χ0n) is 21.2. The molecule has 0 spiro atoms. The van der Waals surface area contributed by atoms with E-state index >= 15 is 0 Å². The summed E-state index contributed by atoms with van der Waals surface area (Å²) in [4.78, 5) is -0.368. The Morgan fingerprint density at radius 3 is 0.757 bits per heavy atom. The first-order valence-electron chi connectivity index (χ1n) is 10.3. The average Bonchev–Trinajstić information content (AvgIpc) is 2.72. The van der Waals surface area contributed by atoms with E-state index in [9.17, 15) is 38.9 Å². The van der Waals surface area contributed by atoms with Crippen LogP contribution in [0.1, 0.15) is 33.4 Å². The molecule has 3 aromatic rings. The molecule has 0 aromatic heterocycles. The van der Waals surface area contributed by atoms with E-state index in [4.69, 9.17) is 0 Å². The third-order valence-corrected chi connectivity index (χ3v) is 8.42. The van der Waals surface area contributed by atoms with Gasteiger partial charge in [0.2, 0.25) is 0 Å². The van der Waals surface area contributed by atoms with Crippen molar-refractivity contribution >= 4 is 47.7 Å². The van der Waals surface area contributed by atoms with Gasteiger partial charge in [0.25, 0.3) is 0 Å². The number of aryl methyl sites for hydroxylation is 3. The fraction of sp³-hybridized carbons (Fsp3) is 0.250. The molecule has 198 valence electrons. The van der Waals surface area contributed by atoms with Gasteiger partial charge >= 0.3 is 17.4 Å². The van der Waals surface area contributed by atoms with E-state index in [2.05, 4.69) is 0 Å². The predicted molar refractivity (Wildman–Crippen MR) is 137 cm³/mol. The molecule has 0 aliphatic rings. The molecule has 0 bridgehead atoms. The Bertz CT molecular complexity index is 1370. The van der Waals surface area contributed by atoms with Gasteiger partial charge in [-0.05, 0) is 93.1 Å². The van der Waals surface area contributed by atoms with Crippen molar-refractivity contribution in [3.63, 3.8) is 0 Å². The molecule has 37 heavy (non-hydrogen) atoms. The van der Waals surface area contributed by atoms with Crippen molar-refractivity contribution in [3.8, 4) is 0 Å². The van der Waals surface area contributed by atoms with Gasteiger partial charge in [-0.15, -0.1) is 0 Å². The monoisotopic (exact) mass is 582 g/mol. The molecule has 13 heteroatoms. The number of rotatable bonds is 3. The third kappa shape index (κ3) is 10.3. The zero-order valence-corrected chi connectivity index (χ0v) is 24.8. The van der Waals surface area contributed by atoms with Crippen LogP contribution < -0.4 is 0 Å². The van der Waals surface area contributed by atoms with Gasteiger partial charge in [-0.25, -0.2) is 25.3 Å². The number of hydrogen-bond acceptors (Lipinski definition) is 9. The van der Waals surface area contributed by atoms with Gasteiger partial charge in [0.05, 0.1) is 14.7 Å². The molecular weight excluding hydrogens is 555 g/mol. The topological polar surface area (TPSA) is 172 Å². The molecular formula is C24H27AlO9S3. The average molecular weight is 583 g/mol. The van der Waals surface area contributed by atoms with Crippen LogP contribution in [0.25, 0.3) is 0 Å². The van der Waals surface area contributed by atoms with Crippen LogP contribution in [0.15, 0.2) is 69.3 Å². The van der Waals surface area contributed by atoms with Gasteiger partial charge in [0.1, 0.15) is 30.4 Å². The SMILES string of the molecule is Cc1cccc(S(=O)(=O)[O-])c1C.Cc1cccc(S(=O)(=O)[O-])c1C.Cc1cccc(S(=O)(=O)[O-])c1C.[Al+3]. The van der Waals surface area contributed by atoms with Crippen LogP contribution in [0.2, 0.25) is 0 Å². The second kappa shape index (κ2) is 13.6. The van der Waals surface area contributed by atoms with Gasteiger partial charge in [-0.1, -0.05) is 36.4 Å². The zero-order chi connectivity index (χ0) is 28.1. The van der Waals surface area contributed by atoms with E-state index in [1.807, 2.05) is 0 Å². The summed E-state index contributed by atoms with van der Waals surface area (Å²) in [5.41, 5.74) is 4.04. The minimum Gasteiger partial charge on any atom is -0.744 e. The van der Waals surface area contributed by atoms with Crippen LogP contribution in [0.3, 0.4) is 0 Å². The maximum atomic E-state index is 10.7. The summed E-state index contributed by atoms with van der Waals surface area (Å²) in [5.74, 6) is 0. The van der Waals surface area contributed by atoms with Gasteiger partial charge in [-0.2, -0.15) is 0 Å². The molecule has 0 saturated heterocycles. The fourth-order valence-electron chi connectivity index (χ4n) is 2.99. The molecule has 0 atom stereocenters. The quantitative estimate of drug-likeness (QED) is 0.332. The normalized spacial score (nSPS) is 11.3. The van der Waals surface area contributed by atoms with E-state index in [0.29, 0.717) is 16.7 Å². The van der Waals surface area contributed by atoms with Crippen molar-refractivity contribution in [1.82, 2.24) is 0 Å². The van der Waals surface area contributed by atoms with Crippen molar-refractivity contribution in [2.24, 2.45) is 0 Å². The van der Waals surface area contributed by atoms with Gasteiger partial charge in [0, 0.05) is 0 Å². The maximum absolute atomic E-state index is 10.7. The van der Waals surface area contributed by atoms with Crippen LogP contribution in [0, 0.1) is 41.5 Å². The van der Waals surface area contributed by atoms with E-state index < -0.39 is 30.4 Å². The standard InChI is InChI=1S/3C8H10O3S.Al/c3*1-6-4-3-5-8(7(6)2)12(9,10)11;/h3*3-5H,1-2H3,(H,9,10,11);/q;;;+3/p-3. The molecule has 0 heterocycles. The van der Waals surface area contributed by atoms with Crippen LogP contribution in [-0.2, 0) is 30.4 Å². The Hall–Kier alpha value is -2.08. The molecule has 3 rings (SSSR count). The minimum absolute atomic E-state index is 0. The molecule has 0 amide bonds. The summed E-state index contributed by atoms with van der Waals surface area (Å²) in [6.07, 6.45) is 0. The van der Waals surface area contributed by atoms with Crippen LogP contribution in [0.5, 0.6) is 0 Å². The largest absolute Gasteiger partial charge is 3.00 e. The third-order valence-electron chi connectivity index (χ3n) is 5.47. The first-order chi connectivity index (χ1) is 16.3. The summed E-state index contributed by atoms with van der Waals surface area (Å²) in [6.45, 7) is 10.2. The smallest absolute Gasteiger partial charge is 0.744 e. The van der Waals surface area contributed by atoms with Crippen molar-refractivity contribution in [3.05, 3.63) is 88.0 Å². The molecule has 0 saturated carbocycles. The minimum atomic E-state index is -4.31. The van der Waals surface area contributed by atoms with E-state index in [-0.39, 0.29) is 32.0 Å². The van der Waals surface area contributed by atoms with Crippen molar-refractivity contribution in [2.75, 3.05) is 0 Å². The Balaban J connectivity index is 0.000000518. The Morgan fingerprint density at radius 1 is 0.432 bits per heavy atom. The van der Waals surface area contributed by atoms with E-state index in [1.165, 1.54) is 18.2 Å². The summed E-state index contributed by atoms with van der Waals surface area (Å²) in [7, 11) is -12.9. The first kappa shape index (κ1) is 34.9. The molecule has 9 nitrogen and oxygen atoms in total. The summed E-state index contributed by atoms with van der Waals surface area (Å²) in [5, 5.41) is 0. The van der Waals surface area contributed by atoms with Crippen molar-refractivity contribution in [1.29, 1.82) is 0 Å². The van der Waals surface area contributed by atoms with E-state index in [1.54, 1.807) is 77.9 Å².